The summed E-state index contributed by atoms with van der Waals surface area (Å²) in [4.78, 5) is 22.2. The summed E-state index contributed by atoms with van der Waals surface area (Å²) in [7, 11) is 0. The standard InChI is InChI=1S/C31H19N4.C30H20N3.2C13H10N3.4Ir/c1-32-25-16-8-15-24(21-25)30-33-31-28(19-10-20-35(31)34-30)29-26(22-11-4-2-5-12-22)17-9-18-27(29)23-13-6-3-7-14-23;1-3-12-22(13-4-1)24-18-11-19-25(23-14-5-2-6-15-23)29(24)26-16-7-8-17-27(26)30-31-28-20-9-10-21-33(28)32-30;1-10-6-5-9-16-13(10)14-12(15-16)11-7-3-2-4-8-11;1-10-6-5-9-12-14-13(15-16(10)12)11-7-3-2-4-8-11;;;;/h2-14,16-21H;1-16,18-21H;2*2-7,9H,1H3;;;;/q4*-1;;;;. The molecule has 0 saturated carbocycles. The number of rotatable bonds is 10. The van der Waals surface area contributed by atoms with Crippen molar-refractivity contribution in [2.45, 2.75) is 13.8 Å². The molecule has 0 fully saturated rings. The van der Waals surface area contributed by atoms with Gasteiger partial charge in [-0.2, -0.15) is 26.5 Å². The van der Waals surface area contributed by atoms with Crippen LogP contribution in [0, 0.1) is 44.7 Å². The van der Waals surface area contributed by atoms with Crippen LogP contribution in [0.3, 0.4) is 0 Å². The van der Waals surface area contributed by atoms with E-state index in [4.69, 9.17) is 26.7 Å². The van der Waals surface area contributed by atoms with Crippen LogP contribution in [0.1, 0.15) is 11.3 Å². The van der Waals surface area contributed by atoms with E-state index in [9.17, 15) is 0 Å². The molecule has 512 valence electrons. The molecule has 0 amide bonds. The number of aromatic nitrogens is 12. The maximum absolute atomic E-state index is 7.33. The van der Waals surface area contributed by atoms with Crippen LogP contribution < -0.4 is 0 Å². The van der Waals surface area contributed by atoms with Crippen LogP contribution >= 0.6 is 0 Å². The fraction of sp³-hybridized carbons (Fsp3) is 0.0230. The average molecular weight is 2060 g/mol. The summed E-state index contributed by atoms with van der Waals surface area (Å²) in [5.74, 6) is 2.64. The predicted octanol–water partition coefficient (Wildman–Crippen LogP) is 19.9. The fourth-order valence-electron chi connectivity index (χ4n) is 12.1. The molecule has 17 heteroatoms. The Morgan fingerprint density at radius 3 is 1.29 bits per heavy atom. The van der Waals surface area contributed by atoms with Crippen molar-refractivity contribution in [3.05, 3.63) is 369 Å². The van der Waals surface area contributed by atoms with E-state index in [2.05, 4.69) is 195 Å². The number of nitrogens with zero attached hydrogens (tertiary/aromatic N) is 13. The Balaban J connectivity index is 0.000000145. The zero-order valence-corrected chi connectivity index (χ0v) is 65.3. The molecule has 4 radical (unpaired) electrons. The van der Waals surface area contributed by atoms with Crippen LogP contribution in [0.15, 0.2) is 322 Å². The topological polar surface area (TPSA) is 125 Å². The first-order valence-corrected chi connectivity index (χ1v) is 32.5. The molecule has 0 spiro atoms. The van der Waals surface area contributed by atoms with Gasteiger partial charge in [-0.25, -0.2) is 18.1 Å². The largest absolute Gasteiger partial charge is 0.259 e. The smallest absolute Gasteiger partial charge is 0.153 e. The van der Waals surface area contributed by atoms with Crippen molar-refractivity contribution >= 4 is 28.3 Å². The normalized spacial score (nSPS) is 10.5. The predicted molar refractivity (Wildman–Crippen MR) is 397 cm³/mol. The number of pyridine rings is 4. The molecule has 0 unspecified atom stereocenters. The van der Waals surface area contributed by atoms with Gasteiger partial charge in [-0.1, -0.05) is 187 Å². The van der Waals surface area contributed by atoms with E-state index in [1.165, 1.54) is 22.3 Å². The van der Waals surface area contributed by atoms with Gasteiger partial charge in [-0.15, -0.1) is 120 Å². The maximum atomic E-state index is 7.33. The van der Waals surface area contributed by atoms with Crippen LogP contribution in [0.4, 0.5) is 5.69 Å². The Kier molecular flexibility index (Phi) is 24.6. The second-order valence-electron chi connectivity index (χ2n) is 23.3. The summed E-state index contributed by atoms with van der Waals surface area (Å²) in [5, 5.41) is 18.3. The molecule has 18 aromatic rings. The van der Waals surface area contributed by atoms with Crippen molar-refractivity contribution in [3.63, 3.8) is 0 Å². The zero-order valence-electron chi connectivity index (χ0n) is 55.7. The third kappa shape index (κ3) is 16.2. The summed E-state index contributed by atoms with van der Waals surface area (Å²) < 4.78 is 7.25. The maximum Gasteiger partial charge on any atom is 0.153 e. The number of fused-ring (bicyclic) bond motifs is 4. The summed E-state index contributed by atoms with van der Waals surface area (Å²) in [6.45, 7) is 11.4. The Bertz CT molecular complexity index is 5640. The van der Waals surface area contributed by atoms with Crippen molar-refractivity contribution in [3.8, 4) is 112 Å². The Morgan fingerprint density at radius 2 is 0.750 bits per heavy atom. The van der Waals surface area contributed by atoms with Gasteiger partial charge in [-0.3, -0.25) is 24.8 Å². The van der Waals surface area contributed by atoms with Crippen LogP contribution in [-0.2, 0) is 80.4 Å². The fourth-order valence-corrected chi connectivity index (χ4v) is 12.1. The van der Waals surface area contributed by atoms with Gasteiger partial charge in [0.15, 0.2) is 5.65 Å². The molecule has 0 aliphatic carbocycles. The van der Waals surface area contributed by atoms with E-state index in [0.717, 1.165) is 107 Å². The van der Waals surface area contributed by atoms with E-state index in [1.807, 2.05) is 176 Å². The van der Waals surface area contributed by atoms with Crippen molar-refractivity contribution in [1.82, 2.24) is 58.4 Å². The van der Waals surface area contributed by atoms with Gasteiger partial charge in [0, 0.05) is 116 Å². The first-order chi connectivity index (χ1) is 49.4. The minimum absolute atomic E-state index is 0. The molecular formula is C87H59Ir4N13-4. The number of hydrogen-bond acceptors (Lipinski definition) is 8. The second-order valence-corrected chi connectivity index (χ2v) is 23.3. The molecule has 0 atom stereocenters. The summed E-state index contributed by atoms with van der Waals surface area (Å²) in [5.41, 5.74) is 23.0. The third-order valence-corrected chi connectivity index (χ3v) is 16.9. The third-order valence-electron chi connectivity index (χ3n) is 16.9. The van der Waals surface area contributed by atoms with Crippen LogP contribution in [-0.4, -0.2) is 58.4 Å². The van der Waals surface area contributed by atoms with Crippen molar-refractivity contribution in [2.24, 2.45) is 0 Å². The number of benzene rings is 10. The van der Waals surface area contributed by atoms with Gasteiger partial charge < -0.3 is 0 Å². The quantitative estimate of drug-likeness (QED) is 0.124. The number of aryl methyl sites for hydroxylation is 2. The molecular weight excluding hydrogens is 2000 g/mol. The van der Waals surface area contributed by atoms with E-state index in [1.54, 1.807) is 31.7 Å². The van der Waals surface area contributed by atoms with E-state index in [0.29, 0.717) is 22.9 Å². The molecule has 18 rings (SSSR count). The van der Waals surface area contributed by atoms with Crippen molar-refractivity contribution < 1.29 is 80.4 Å². The average Bonchev–Trinajstić information content (AvgIpc) is 1.59. The molecule has 0 aliphatic rings. The minimum atomic E-state index is 0. The van der Waals surface area contributed by atoms with Gasteiger partial charge in [0.25, 0.3) is 0 Å². The first kappa shape index (κ1) is 74.0. The molecule has 0 N–H and O–H groups in total. The van der Waals surface area contributed by atoms with Gasteiger partial charge in [0.1, 0.15) is 22.6 Å². The summed E-state index contributed by atoms with van der Waals surface area (Å²) >= 11 is 0. The molecule has 13 nitrogen and oxygen atoms in total. The Hall–Kier alpha value is -11.2. The van der Waals surface area contributed by atoms with Crippen LogP contribution in [0.2, 0.25) is 0 Å². The van der Waals surface area contributed by atoms with Gasteiger partial charge in [0.2, 0.25) is 0 Å². The molecule has 104 heavy (non-hydrogen) atoms. The Labute approximate surface area is 656 Å². The first-order valence-electron chi connectivity index (χ1n) is 32.5. The van der Waals surface area contributed by atoms with Gasteiger partial charge in [0.05, 0.1) is 29.9 Å². The molecule has 0 bridgehead atoms. The summed E-state index contributed by atoms with van der Waals surface area (Å²) in [6, 6.07) is 114. The van der Waals surface area contributed by atoms with Gasteiger partial charge in [-0.05, 0) is 112 Å². The van der Waals surface area contributed by atoms with Crippen LogP contribution in [0.25, 0.3) is 140 Å². The van der Waals surface area contributed by atoms with Crippen molar-refractivity contribution in [2.75, 3.05) is 0 Å². The monoisotopic (exact) mass is 2060 g/mol. The molecule has 10 aromatic carbocycles. The SMILES string of the molecule is Cc1cccc2nc(-c3[c-]cccc3)nn12.Cc1cccn2nc(-c3[c-]cccc3)nc12.[C-]#[N+]c1cc[c-]c(-c2nc3c(-c4c(-c5ccccc5)cccc4-c4ccccc4)cccn3n2)c1.[Ir].[Ir].[Ir].[Ir].[c-]1cccc(-c2c(-c3ccccc3)cccc2-c2ccccc2)c1-c1nc2ccccn2n1. The van der Waals surface area contributed by atoms with E-state index < -0.39 is 0 Å². The molecule has 8 heterocycles. The van der Waals surface area contributed by atoms with Crippen LogP contribution in [0.5, 0.6) is 0 Å². The summed E-state index contributed by atoms with van der Waals surface area (Å²) in [6.07, 6.45) is 5.73. The Morgan fingerprint density at radius 1 is 0.317 bits per heavy atom. The van der Waals surface area contributed by atoms with E-state index in [-0.39, 0.29) is 80.4 Å². The van der Waals surface area contributed by atoms with Gasteiger partial charge >= 0.3 is 0 Å². The number of hydrogen-bond donors (Lipinski definition) is 0. The van der Waals surface area contributed by atoms with E-state index >= 15 is 0 Å². The van der Waals surface area contributed by atoms with Crippen molar-refractivity contribution in [1.29, 1.82) is 0 Å². The zero-order chi connectivity index (χ0) is 67.6. The molecule has 8 aromatic heterocycles. The molecule has 0 aliphatic heterocycles. The molecule has 0 saturated heterocycles. The minimum Gasteiger partial charge on any atom is -0.259 e. The second kappa shape index (κ2) is 34.6.